The van der Waals surface area contributed by atoms with E-state index in [2.05, 4.69) is 0 Å². The van der Waals surface area contributed by atoms with Gasteiger partial charge in [0.2, 0.25) is 0 Å². The molecule has 0 unspecified atom stereocenters. The summed E-state index contributed by atoms with van der Waals surface area (Å²) in [4.78, 5) is 0. The molecular weight excluding hydrogens is 185 g/mol. The maximum Gasteiger partial charge on any atom is 0 e. The van der Waals surface area contributed by atoms with Gasteiger partial charge in [-0.05, 0) is 0 Å². The molecule has 32 valence electrons. The van der Waals surface area contributed by atoms with Crippen molar-refractivity contribution in [3.05, 3.63) is 6.15 Å². The van der Waals surface area contributed by atoms with Crippen LogP contribution in [0, 0.1) is 0 Å². The zero-order valence-electron chi connectivity index (χ0n) is 1.80. The number of hydrogen-bond acceptors (Lipinski definition) is 0. The second-order valence-corrected chi connectivity index (χ2v) is 0. The van der Waals surface area contributed by atoms with E-state index in [1.165, 1.54) is 0 Å². The first-order chi connectivity index (χ1) is 0. The molecule has 0 fully saturated rings. The third kappa shape index (κ3) is 11.3. The summed E-state index contributed by atoms with van der Waals surface area (Å²) in [5.74, 6) is 0. The van der Waals surface area contributed by atoms with Gasteiger partial charge in [0.1, 0.15) is 0 Å². The molecule has 0 aromatic rings. The van der Waals surface area contributed by atoms with Crippen LogP contribution in [-0.2, 0) is 37.6 Å². The van der Waals surface area contributed by atoms with Gasteiger partial charge in [-0.15, -0.1) is 0 Å². The molecule has 0 saturated heterocycles. The Morgan fingerprint density at radius 3 is 1.00 bits per heavy atom. The molecule has 4 heteroatoms. The van der Waals surface area contributed by atoms with Gasteiger partial charge in [-0.3, -0.25) is 0 Å². The number of nitrogens with two attached hydrogens (primary N) is 1. The molecule has 0 aliphatic rings. The number of hydrogen-bond donors (Lipinski definition) is 0. The molecule has 4 heavy (non-hydrogen) atoms. The van der Waals surface area contributed by atoms with Crippen molar-refractivity contribution in [2.75, 3.05) is 0 Å². The molecule has 0 heterocycles. The van der Waals surface area contributed by atoms with Gasteiger partial charge in [0, 0.05) is 37.6 Å². The Hall–Kier alpha value is 1.10. The topological polar surface area (TPSA) is 65.0 Å². The first-order valence-corrected chi connectivity index (χ1v) is 0. The molecule has 0 spiro atoms. The van der Waals surface area contributed by atoms with Crippen LogP contribution in [0.2, 0.25) is 0 Å². The Balaban J connectivity index is 0. The van der Waals surface area contributed by atoms with Crippen LogP contribution in [-0.4, -0.2) is 5.48 Å². The van der Waals surface area contributed by atoms with Crippen LogP contribution in [0.1, 0.15) is 0 Å². The van der Waals surface area contributed by atoms with Crippen LogP contribution in [0.5, 0.6) is 0 Å². The van der Waals surface area contributed by atoms with E-state index < -0.39 is 0 Å². The molecule has 0 aromatic carbocycles. The van der Waals surface area contributed by atoms with Crippen molar-refractivity contribution < 1.29 is 43.0 Å². The van der Waals surface area contributed by atoms with Crippen LogP contribution >= 0.6 is 0 Å². The first kappa shape index (κ1) is 70.7. The monoisotopic (exact) mass is 190 g/mol. The SMILES string of the molecule is O.[Mo].[NH2-].[Ni]. The Kier molecular flexibility index (Phi) is 575. The quantitative estimate of drug-likeness (QED) is 0.476. The van der Waals surface area contributed by atoms with E-state index in [0.29, 0.717) is 0 Å². The molecule has 0 aliphatic carbocycles. The van der Waals surface area contributed by atoms with Crippen molar-refractivity contribution in [2.24, 2.45) is 0 Å². The summed E-state index contributed by atoms with van der Waals surface area (Å²) in [5.41, 5.74) is 0. The van der Waals surface area contributed by atoms with E-state index in [-0.39, 0.29) is 49.2 Å². The maximum atomic E-state index is 0. The summed E-state index contributed by atoms with van der Waals surface area (Å²) < 4.78 is 0. The van der Waals surface area contributed by atoms with E-state index in [0.717, 1.165) is 0 Å². The van der Waals surface area contributed by atoms with Crippen molar-refractivity contribution in [1.82, 2.24) is 0 Å². The molecule has 0 amide bonds. The number of rotatable bonds is 0. The average molecular weight is 189 g/mol. The summed E-state index contributed by atoms with van der Waals surface area (Å²) >= 11 is 0. The van der Waals surface area contributed by atoms with Crippen LogP contribution in [0.15, 0.2) is 0 Å². The summed E-state index contributed by atoms with van der Waals surface area (Å²) in [6, 6.07) is 0. The second kappa shape index (κ2) is 32.5. The zero-order valence-corrected chi connectivity index (χ0v) is 4.80. The first-order valence-electron chi connectivity index (χ1n) is 0. The van der Waals surface area contributed by atoms with E-state index >= 15 is 0 Å². The van der Waals surface area contributed by atoms with Gasteiger partial charge in [0.25, 0.3) is 0 Å². The molecule has 0 saturated carbocycles. The molecule has 0 rings (SSSR count). The van der Waals surface area contributed by atoms with Crippen molar-refractivity contribution in [2.45, 2.75) is 0 Å². The van der Waals surface area contributed by atoms with Crippen molar-refractivity contribution in [3.8, 4) is 0 Å². The fourth-order valence-corrected chi connectivity index (χ4v) is 0. The fourth-order valence-electron chi connectivity index (χ4n) is 0. The molecule has 2 nitrogen and oxygen atoms in total. The maximum absolute atomic E-state index is 0. The minimum absolute atomic E-state index is 0. The van der Waals surface area contributed by atoms with E-state index in [1.54, 1.807) is 0 Å². The van der Waals surface area contributed by atoms with E-state index in [9.17, 15) is 0 Å². The molecular formula is H4MoNNiO-. The Morgan fingerprint density at radius 2 is 1.00 bits per heavy atom. The largest absolute Gasteiger partial charge is 0.693 e. The third-order valence-corrected chi connectivity index (χ3v) is 0. The van der Waals surface area contributed by atoms with Crippen molar-refractivity contribution >= 4 is 0 Å². The standard InChI is InChI=1S/Mo.H2N.Ni.H2O/h;1H2;;1H2/q;-1;;. The predicted octanol–water partition coefficient (Wildman–Crippen LogP) is -0.113. The summed E-state index contributed by atoms with van der Waals surface area (Å²) in [5, 5.41) is 0. The summed E-state index contributed by atoms with van der Waals surface area (Å²) in [6.07, 6.45) is 0. The molecule has 0 radical (unpaired) electrons. The van der Waals surface area contributed by atoms with E-state index in [4.69, 9.17) is 0 Å². The van der Waals surface area contributed by atoms with Crippen molar-refractivity contribution in [1.29, 1.82) is 0 Å². The van der Waals surface area contributed by atoms with Crippen LogP contribution in [0.3, 0.4) is 0 Å². The van der Waals surface area contributed by atoms with Crippen LogP contribution < -0.4 is 0 Å². The van der Waals surface area contributed by atoms with Gasteiger partial charge in [0.05, 0.1) is 0 Å². The normalized spacial score (nSPS) is 0. The molecule has 0 aromatic heterocycles. The fraction of sp³-hybridized carbons (Fsp3) is 0. The summed E-state index contributed by atoms with van der Waals surface area (Å²) in [6.45, 7) is 0. The van der Waals surface area contributed by atoms with Gasteiger partial charge in [-0.25, -0.2) is 0 Å². The Bertz CT molecular complexity index is 8.00. The zero-order chi connectivity index (χ0) is 0. The van der Waals surface area contributed by atoms with Crippen molar-refractivity contribution in [3.63, 3.8) is 0 Å². The minimum Gasteiger partial charge on any atom is -0.693 e. The van der Waals surface area contributed by atoms with Gasteiger partial charge < -0.3 is 11.6 Å². The Morgan fingerprint density at radius 1 is 1.00 bits per heavy atom. The molecule has 0 aliphatic heterocycles. The predicted molar refractivity (Wildman–Crippen MR) is 8.90 cm³/mol. The molecule has 0 atom stereocenters. The minimum atomic E-state index is 0. The third-order valence-electron chi connectivity index (χ3n) is 0. The van der Waals surface area contributed by atoms with Crippen LogP contribution in [0.25, 0.3) is 6.15 Å². The van der Waals surface area contributed by atoms with Gasteiger partial charge in [0.15, 0.2) is 0 Å². The van der Waals surface area contributed by atoms with Gasteiger partial charge in [-0.2, -0.15) is 0 Å². The van der Waals surface area contributed by atoms with Gasteiger partial charge in [-0.1, -0.05) is 0 Å². The Labute approximate surface area is 49.4 Å². The molecule has 0 bridgehead atoms. The van der Waals surface area contributed by atoms with Gasteiger partial charge >= 0.3 is 0 Å². The second-order valence-electron chi connectivity index (χ2n) is 0. The average Bonchev–Trinajstić information content (AvgIpc) is 0. The summed E-state index contributed by atoms with van der Waals surface area (Å²) in [7, 11) is 0. The smallest absolute Gasteiger partial charge is 0 e. The molecule has 4 N–H and O–H groups in total. The van der Waals surface area contributed by atoms with E-state index in [1.807, 2.05) is 0 Å². The van der Waals surface area contributed by atoms with Crippen LogP contribution in [0.4, 0.5) is 0 Å².